The van der Waals surface area contributed by atoms with Crippen LogP contribution in [0.4, 0.5) is 16.2 Å². The van der Waals surface area contributed by atoms with Crippen LogP contribution in [0.25, 0.3) is 0 Å². The van der Waals surface area contributed by atoms with Gasteiger partial charge < -0.3 is 39.8 Å². The Balaban J connectivity index is 1.52. The predicted octanol–water partition coefficient (Wildman–Crippen LogP) is 3.15. The molecule has 3 N–H and O–H groups in total. The summed E-state index contributed by atoms with van der Waals surface area (Å²) >= 11 is 0. The Morgan fingerprint density at radius 2 is 1.71 bits per heavy atom. The Morgan fingerprint density at radius 3 is 2.46 bits per heavy atom. The Bertz CT molecular complexity index is 1080. The molecule has 2 aliphatic rings. The molecule has 10 heteroatoms. The van der Waals surface area contributed by atoms with Crippen LogP contribution in [0.2, 0.25) is 0 Å². The minimum Gasteiger partial charge on any atom is -0.491 e. The van der Waals surface area contributed by atoms with E-state index in [-0.39, 0.29) is 30.8 Å². The fourth-order valence-electron chi connectivity index (χ4n) is 4.01. The molecule has 35 heavy (non-hydrogen) atoms. The number of carbonyl (C=O) groups is 2. The van der Waals surface area contributed by atoms with E-state index in [1.807, 2.05) is 6.92 Å². The first-order valence-corrected chi connectivity index (χ1v) is 11.6. The van der Waals surface area contributed by atoms with Gasteiger partial charge in [-0.05, 0) is 43.2 Å². The molecule has 0 aliphatic carbocycles. The van der Waals surface area contributed by atoms with Crippen molar-refractivity contribution in [1.82, 2.24) is 10.2 Å². The van der Waals surface area contributed by atoms with E-state index < -0.39 is 6.03 Å². The van der Waals surface area contributed by atoms with Crippen LogP contribution in [0.15, 0.2) is 36.4 Å². The van der Waals surface area contributed by atoms with E-state index in [0.717, 1.165) is 6.54 Å². The summed E-state index contributed by atoms with van der Waals surface area (Å²) in [6.07, 6.45) is -0.124. The van der Waals surface area contributed by atoms with Crippen LogP contribution in [-0.2, 0) is 4.74 Å². The molecule has 188 valence electrons. The van der Waals surface area contributed by atoms with Crippen molar-refractivity contribution < 1.29 is 28.5 Å². The van der Waals surface area contributed by atoms with Crippen LogP contribution in [0.1, 0.15) is 24.2 Å². The number of amides is 3. The van der Waals surface area contributed by atoms with E-state index in [1.165, 1.54) is 0 Å². The first-order chi connectivity index (χ1) is 16.8. The highest BCUT2D eigenvalue weighted by Crippen LogP contribution is 2.34. The Morgan fingerprint density at radius 1 is 1.03 bits per heavy atom. The van der Waals surface area contributed by atoms with E-state index in [2.05, 4.69) is 22.9 Å². The van der Waals surface area contributed by atoms with Gasteiger partial charge in [0.05, 0.1) is 11.7 Å². The van der Waals surface area contributed by atoms with Crippen LogP contribution in [0.3, 0.4) is 0 Å². The third-order valence-corrected chi connectivity index (χ3v) is 6.11. The van der Waals surface area contributed by atoms with Gasteiger partial charge in [0.1, 0.15) is 12.4 Å². The fraction of sp³-hybridized carbons (Fsp3) is 0.440. The second-order valence-corrected chi connectivity index (χ2v) is 8.92. The molecule has 0 saturated heterocycles. The number of carbonyl (C=O) groups excluding carboxylic acids is 2. The van der Waals surface area contributed by atoms with E-state index in [4.69, 9.17) is 18.9 Å². The molecule has 0 unspecified atom stereocenters. The lowest BCUT2D eigenvalue weighted by Gasteiger charge is -2.30. The zero-order chi connectivity index (χ0) is 24.9. The number of fused-ring (bicyclic) bond motifs is 2. The molecule has 0 bridgehead atoms. The van der Waals surface area contributed by atoms with Gasteiger partial charge in [0.25, 0.3) is 5.91 Å². The summed E-state index contributed by atoms with van der Waals surface area (Å²) in [6, 6.07) is 9.81. The number of rotatable bonds is 3. The number of nitrogens with zero attached hydrogens (tertiary/aromatic N) is 1. The molecule has 0 radical (unpaired) electrons. The van der Waals surface area contributed by atoms with Crippen molar-refractivity contribution in [3.8, 4) is 17.2 Å². The van der Waals surface area contributed by atoms with Gasteiger partial charge in [-0.25, -0.2) is 4.79 Å². The van der Waals surface area contributed by atoms with Gasteiger partial charge in [-0.15, -0.1) is 0 Å². The van der Waals surface area contributed by atoms with Gasteiger partial charge in [-0.1, -0.05) is 6.92 Å². The largest absolute Gasteiger partial charge is 0.491 e. The molecule has 3 amide bonds. The predicted molar refractivity (Wildman–Crippen MR) is 132 cm³/mol. The molecule has 0 saturated carbocycles. The number of urea groups is 1. The fourth-order valence-corrected chi connectivity index (χ4v) is 4.01. The highest BCUT2D eigenvalue weighted by molar-refractivity contribution is 6.02. The number of nitrogens with one attached hydrogen (secondary N) is 3. The van der Waals surface area contributed by atoms with E-state index >= 15 is 0 Å². The van der Waals surface area contributed by atoms with Crippen molar-refractivity contribution in [2.45, 2.75) is 26.0 Å². The van der Waals surface area contributed by atoms with Crippen molar-refractivity contribution >= 4 is 23.3 Å². The number of ether oxygens (including phenoxy) is 4. The maximum Gasteiger partial charge on any atom is 0.323 e. The summed E-state index contributed by atoms with van der Waals surface area (Å²) in [5.41, 5.74) is 1.38. The zero-order valence-electron chi connectivity index (χ0n) is 20.4. The van der Waals surface area contributed by atoms with Crippen LogP contribution in [-0.4, -0.2) is 69.6 Å². The molecule has 2 aromatic rings. The summed E-state index contributed by atoms with van der Waals surface area (Å²) in [4.78, 5) is 27.6. The average Bonchev–Trinajstić information content (AvgIpc) is 3.31. The SMILES string of the molecule is CO[C@H]1CN(C)C(=O)c2cc(NC(=O)Nc3ccc4c(c3)OCO4)ccc2OC[C@@H](C)NC[C@@H]1C. The van der Waals surface area contributed by atoms with Crippen molar-refractivity contribution in [2.75, 3.05) is 51.3 Å². The number of methoxy groups -OCH3 is 1. The van der Waals surface area contributed by atoms with Crippen LogP contribution < -0.4 is 30.2 Å². The van der Waals surface area contributed by atoms with Gasteiger partial charge in [0.2, 0.25) is 6.79 Å². The summed E-state index contributed by atoms with van der Waals surface area (Å²) in [5.74, 6) is 1.65. The third-order valence-electron chi connectivity index (χ3n) is 6.11. The average molecular weight is 485 g/mol. The van der Waals surface area contributed by atoms with Crippen LogP contribution in [0.5, 0.6) is 17.2 Å². The molecule has 2 aromatic carbocycles. The quantitative estimate of drug-likeness (QED) is 0.614. The van der Waals surface area contributed by atoms with Gasteiger partial charge in [-0.3, -0.25) is 4.79 Å². The summed E-state index contributed by atoms with van der Waals surface area (Å²) in [6.45, 7) is 5.85. The van der Waals surface area contributed by atoms with Crippen molar-refractivity contribution in [2.24, 2.45) is 5.92 Å². The zero-order valence-corrected chi connectivity index (χ0v) is 20.4. The highest BCUT2D eigenvalue weighted by atomic mass is 16.7. The normalized spacial score (nSPS) is 22.3. The first kappa shape index (κ1) is 24.6. The van der Waals surface area contributed by atoms with Gasteiger partial charge in [0.15, 0.2) is 11.5 Å². The Kier molecular flexibility index (Phi) is 7.62. The maximum atomic E-state index is 13.4. The molecule has 4 rings (SSSR count). The van der Waals surface area contributed by atoms with Crippen LogP contribution >= 0.6 is 0 Å². The van der Waals surface area contributed by atoms with E-state index in [0.29, 0.717) is 47.3 Å². The lowest BCUT2D eigenvalue weighted by molar-refractivity contribution is 0.0281. The molecule has 0 aromatic heterocycles. The monoisotopic (exact) mass is 484 g/mol. The molecule has 2 heterocycles. The van der Waals surface area contributed by atoms with E-state index in [1.54, 1.807) is 55.5 Å². The van der Waals surface area contributed by atoms with Gasteiger partial charge >= 0.3 is 6.03 Å². The van der Waals surface area contributed by atoms with Gasteiger partial charge in [0, 0.05) is 50.7 Å². The molecule has 2 aliphatic heterocycles. The number of anilines is 2. The molecule has 3 atom stereocenters. The molecule has 0 spiro atoms. The second kappa shape index (κ2) is 10.8. The van der Waals surface area contributed by atoms with Crippen molar-refractivity contribution in [1.29, 1.82) is 0 Å². The number of hydrogen-bond donors (Lipinski definition) is 3. The minimum absolute atomic E-state index is 0.0837. The third kappa shape index (κ3) is 5.95. The summed E-state index contributed by atoms with van der Waals surface area (Å²) in [7, 11) is 3.39. The molecular formula is C25H32N4O6. The lowest BCUT2D eigenvalue weighted by atomic mass is 10.0. The number of hydrogen-bond acceptors (Lipinski definition) is 7. The summed E-state index contributed by atoms with van der Waals surface area (Å²) < 4.78 is 22.3. The van der Waals surface area contributed by atoms with Crippen molar-refractivity contribution in [3.05, 3.63) is 42.0 Å². The molecular weight excluding hydrogens is 452 g/mol. The maximum absolute atomic E-state index is 13.4. The smallest absolute Gasteiger partial charge is 0.323 e. The molecule has 0 fully saturated rings. The highest BCUT2D eigenvalue weighted by Gasteiger charge is 2.26. The standard InChI is InChI=1S/C25H32N4O6/c1-15-11-26-16(2)13-33-20-7-5-17(9-19(20)24(30)29(3)12-23(15)32-4)27-25(31)28-18-6-8-21-22(10-18)35-14-34-21/h5-10,15-16,23,26H,11-14H2,1-4H3,(H2,27,28,31)/t15-,16+,23-/m0/s1. The first-order valence-electron chi connectivity index (χ1n) is 11.6. The van der Waals surface area contributed by atoms with Crippen molar-refractivity contribution in [3.63, 3.8) is 0 Å². The number of likely N-dealkylation sites (N-methyl/N-ethyl adjacent to an activating group) is 1. The molecule has 10 nitrogen and oxygen atoms in total. The van der Waals surface area contributed by atoms with Crippen LogP contribution in [0, 0.1) is 5.92 Å². The minimum atomic E-state index is -0.454. The van der Waals surface area contributed by atoms with E-state index in [9.17, 15) is 9.59 Å². The lowest BCUT2D eigenvalue weighted by Crippen LogP contribution is -2.44. The summed E-state index contributed by atoms with van der Waals surface area (Å²) in [5, 5.41) is 9.00. The number of benzene rings is 2. The second-order valence-electron chi connectivity index (χ2n) is 8.92. The Hall–Kier alpha value is -3.50. The Labute approximate surface area is 204 Å². The van der Waals surface area contributed by atoms with Gasteiger partial charge in [-0.2, -0.15) is 0 Å². The topological polar surface area (TPSA) is 110 Å².